The van der Waals surface area contributed by atoms with E-state index in [1.54, 1.807) is 0 Å². The molecule has 0 aromatic carbocycles. The van der Waals surface area contributed by atoms with Gasteiger partial charge >= 0.3 is 0 Å². The molecule has 4 unspecified atom stereocenters. The molecule has 2 bridgehead atoms. The van der Waals surface area contributed by atoms with Crippen molar-refractivity contribution in [3.63, 3.8) is 0 Å². The lowest BCUT2D eigenvalue weighted by Gasteiger charge is -2.38. The van der Waals surface area contributed by atoms with Crippen LogP contribution in [0.4, 0.5) is 0 Å². The van der Waals surface area contributed by atoms with Crippen molar-refractivity contribution in [2.75, 3.05) is 13.1 Å². The summed E-state index contributed by atoms with van der Waals surface area (Å²) in [7, 11) is 0. The zero-order chi connectivity index (χ0) is 9.71. The van der Waals surface area contributed by atoms with Gasteiger partial charge in [-0.2, -0.15) is 0 Å². The quantitative estimate of drug-likeness (QED) is 0.577. The average Bonchev–Trinajstić information content (AvgIpc) is 2.78. The van der Waals surface area contributed by atoms with E-state index in [9.17, 15) is 4.79 Å². The van der Waals surface area contributed by atoms with Crippen LogP contribution in [-0.2, 0) is 4.79 Å². The molecule has 4 atom stereocenters. The predicted molar refractivity (Wildman–Crippen MR) is 54.6 cm³/mol. The maximum absolute atomic E-state index is 12.1. The monoisotopic (exact) mass is 191 g/mol. The van der Waals surface area contributed by atoms with Crippen LogP contribution in [0.5, 0.6) is 0 Å². The van der Waals surface area contributed by atoms with E-state index in [1.807, 2.05) is 4.90 Å². The van der Waals surface area contributed by atoms with Gasteiger partial charge in [-0.3, -0.25) is 4.79 Å². The molecule has 0 aromatic rings. The summed E-state index contributed by atoms with van der Waals surface area (Å²) < 4.78 is 0. The highest BCUT2D eigenvalue weighted by atomic mass is 16.2. The number of allylic oxidation sites excluding steroid dienone is 2. The number of hydrogen-bond acceptors (Lipinski definition) is 1. The summed E-state index contributed by atoms with van der Waals surface area (Å²) in [5.74, 6) is 2.76. The first-order valence-corrected chi connectivity index (χ1v) is 5.78. The zero-order valence-electron chi connectivity index (χ0n) is 8.65. The first kappa shape index (κ1) is 8.51. The van der Waals surface area contributed by atoms with Crippen LogP contribution < -0.4 is 0 Å². The zero-order valence-corrected chi connectivity index (χ0v) is 8.65. The smallest absolute Gasteiger partial charge is 0.226 e. The molecular weight excluding hydrogens is 174 g/mol. The van der Waals surface area contributed by atoms with Crippen LogP contribution in [0.2, 0.25) is 0 Å². The summed E-state index contributed by atoms with van der Waals surface area (Å²) in [5, 5.41) is 0. The first-order chi connectivity index (χ1) is 6.81. The van der Waals surface area contributed by atoms with E-state index in [0.717, 1.165) is 19.0 Å². The molecule has 14 heavy (non-hydrogen) atoms. The predicted octanol–water partition coefficient (Wildman–Crippen LogP) is 1.68. The van der Waals surface area contributed by atoms with Crippen molar-refractivity contribution in [1.82, 2.24) is 4.90 Å². The van der Waals surface area contributed by atoms with E-state index in [4.69, 9.17) is 0 Å². The van der Waals surface area contributed by atoms with Crippen LogP contribution in [0.15, 0.2) is 12.2 Å². The first-order valence-electron chi connectivity index (χ1n) is 5.78. The average molecular weight is 191 g/mol. The second-order valence-electron chi connectivity index (χ2n) is 4.84. The van der Waals surface area contributed by atoms with Gasteiger partial charge in [-0.1, -0.05) is 12.2 Å². The van der Waals surface area contributed by atoms with Gasteiger partial charge in [0.15, 0.2) is 0 Å². The molecule has 2 heteroatoms. The molecule has 1 saturated carbocycles. The molecule has 0 aromatic heterocycles. The molecule has 2 fully saturated rings. The van der Waals surface area contributed by atoms with Crippen molar-refractivity contribution in [3.05, 3.63) is 12.2 Å². The van der Waals surface area contributed by atoms with Gasteiger partial charge in [0.1, 0.15) is 0 Å². The molecule has 1 heterocycles. The van der Waals surface area contributed by atoms with Crippen molar-refractivity contribution >= 4 is 5.91 Å². The minimum atomic E-state index is 0.346. The second kappa shape index (κ2) is 2.85. The molecule has 2 nitrogen and oxygen atoms in total. The topological polar surface area (TPSA) is 20.3 Å². The van der Waals surface area contributed by atoms with Gasteiger partial charge in [0, 0.05) is 19.0 Å². The number of carbonyl (C=O) groups excluding carboxylic acids is 1. The second-order valence-corrected chi connectivity index (χ2v) is 4.84. The fourth-order valence-corrected chi connectivity index (χ4v) is 3.62. The van der Waals surface area contributed by atoms with Gasteiger partial charge in [0.25, 0.3) is 0 Å². The van der Waals surface area contributed by atoms with Gasteiger partial charge < -0.3 is 4.90 Å². The summed E-state index contributed by atoms with van der Waals surface area (Å²) in [6.07, 6.45) is 7.11. The number of piperidine rings is 1. The van der Waals surface area contributed by atoms with Crippen molar-refractivity contribution in [1.29, 1.82) is 0 Å². The van der Waals surface area contributed by atoms with Crippen LogP contribution in [0.1, 0.15) is 19.8 Å². The Labute approximate surface area is 85.0 Å². The fraction of sp³-hybridized carbons (Fsp3) is 0.750. The van der Waals surface area contributed by atoms with Gasteiger partial charge in [-0.15, -0.1) is 0 Å². The lowest BCUT2D eigenvalue weighted by Crippen LogP contribution is -2.46. The molecule has 3 aliphatic rings. The lowest BCUT2D eigenvalue weighted by atomic mass is 9.77. The molecule has 2 aliphatic carbocycles. The lowest BCUT2D eigenvalue weighted by molar-refractivity contribution is -0.141. The van der Waals surface area contributed by atoms with Gasteiger partial charge in [-0.25, -0.2) is 0 Å². The maximum atomic E-state index is 12.1. The Bertz CT molecular complexity index is 297. The summed E-state index contributed by atoms with van der Waals surface area (Å²) in [4.78, 5) is 14.2. The Morgan fingerprint density at radius 1 is 1.43 bits per heavy atom. The Morgan fingerprint density at radius 2 is 2.21 bits per heavy atom. The Balaban J connectivity index is 1.88. The molecule has 0 radical (unpaired) electrons. The fourth-order valence-electron chi connectivity index (χ4n) is 3.62. The summed E-state index contributed by atoms with van der Waals surface area (Å²) in [6, 6.07) is 0. The number of carbonyl (C=O) groups is 1. The summed E-state index contributed by atoms with van der Waals surface area (Å²) in [6.45, 7) is 3.97. The van der Waals surface area contributed by atoms with Crippen LogP contribution in [0.3, 0.4) is 0 Å². The van der Waals surface area contributed by atoms with Crippen LogP contribution in [0, 0.1) is 23.7 Å². The Kier molecular flexibility index (Phi) is 1.73. The standard InChI is InChI=1S/C12H17NO/c1-2-13-6-5-10-8-3-4-9(7-8)11(10)12(13)14/h3-4,8-11H,2,5-7H2,1H3. The molecule has 1 saturated heterocycles. The van der Waals surface area contributed by atoms with Crippen molar-refractivity contribution in [2.45, 2.75) is 19.8 Å². The Morgan fingerprint density at radius 3 is 3.00 bits per heavy atom. The van der Waals surface area contributed by atoms with Crippen LogP contribution >= 0.6 is 0 Å². The van der Waals surface area contributed by atoms with E-state index in [1.165, 1.54) is 12.8 Å². The van der Waals surface area contributed by atoms with Crippen molar-refractivity contribution in [2.24, 2.45) is 23.7 Å². The molecular formula is C12H17NO. The Hall–Kier alpha value is -0.790. The SMILES string of the molecule is CCN1CCC2C3C=CC(C3)C2C1=O. The van der Waals surface area contributed by atoms with E-state index in [-0.39, 0.29) is 0 Å². The molecule has 0 N–H and O–H groups in total. The van der Waals surface area contributed by atoms with E-state index < -0.39 is 0 Å². The van der Waals surface area contributed by atoms with Crippen LogP contribution in [0.25, 0.3) is 0 Å². The number of nitrogens with zero attached hydrogens (tertiary/aromatic N) is 1. The summed E-state index contributed by atoms with van der Waals surface area (Å²) in [5.41, 5.74) is 0. The highest BCUT2D eigenvalue weighted by Gasteiger charge is 2.50. The highest BCUT2D eigenvalue weighted by molar-refractivity contribution is 5.81. The van der Waals surface area contributed by atoms with E-state index >= 15 is 0 Å². The van der Waals surface area contributed by atoms with Crippen LogP contribution in [-0.4, -0.2) is 23.9 Å². The largest absolute Gasteiger partial charge is 0.343 e. The summed E-state index contributed by atoms with van der Waals surface area (Å²) >= 11 is 0. The molecule has 1 aliphatic heterocycles. The number of amides is 1. The van der Waals surface area contributed by atoms with E-state index in [0.29, 0.717) is 23.7 Å². The molecule has 3 rings (SSSR count). The maximum Gasteiger partial charge on any atom is 0.226 e. The normalized spacial score (nSPS) is 44.6. The minimum absolute atomic E-state index is 0.346. The third kappa shape index (κ3) is 0.943. The third-order valence-corrected chi connectivity index (χ3v) is 4.33. The van der Waals surface area contributed by atoms with Gasteiger partial charge in [-0.05, 0) is 37.5 Å². The van der Waals surface area contributed by atoms with Crippen molar-refractivity contribution < 1.29 is 4.79 Å². The third-order valence-electron chi connectivity index (χ3n) is 4.33. The van der Waals surface area contributed by atoms with Crippen molar-refractivity contribution in [3.8, 4) is 0 Å². The van der Waals surface area contributed by atoms with E-state index in [2.05, 4.69) is 19.1 Å². The number of hydrogen-bond donors (Lipinski definition) is 0. The molecule has 0 spiro atoms. The van der Waals surface area contributed by atoms with Gasteiger partial charge in [0.2, 0.25) is 5.91 Å². The number of fused-ring (bicyclic) bond motifs is 5. The number of likely N-dealkylation sites (tertiary alicyclic amines) is 1. The number of rotatable bonds is 1. The molecule has 1 amide bonds. The minimum Gasteiger partial charge on any atom is -0.343 e. The highest BCUT2D eigenvalue weighted by Crippen LogP contribution is 2.51. The molecule has 76 valence electrons. The van der Waals surface area contributed by atoms with Gasteiger partial charge in [0.05, 0.1) is 0 Å².